The lowest BCUT2D eigenvalue weighted by molar-refractivity contribution is 0.0707. The van der Waals surface area contributed by atoms with Crippen molar-refractivity contribution in [1.29, 1.82) is 0 Å². The molecule has 1 fully saturated rings. The van der Waals surface area contributed by atoms with E-state index in [0.29, 0.717) is 24.7 Å². The third-order valence-corrected chi connectivity index (χ3v) is 4.03. The fourth-order valence-corrected chi connectivity index (χ4v) is 2.71. The minimum atomic E-state index is 0.0344. The topological polar surface area (TPSA) is 85.2 Å². The van der Waals surface area contributed by atoms with Crippen molar-refractivity contribution in [3.8, 4) is 5.88 Å². The molecule has 1 saturated heterocycles. The second-order valence-electron chi connectivity index (χ2n) is 5.50. The van der Waals surface area contributed by atoms with Crippen LogP contribution < -0.4 is 10.1 Å². The Balaban J connectivity index is 1.56. The Bertz CT molecular complexity index is 678. The van der Waals surface area contributed by atoms with Gasteiger partial charge in [0.2, 0.25) is 5.88 Å². The van der Waals surface area contributed by atoms with Crippen LogP contribution in [0.1, 0.15) is 23.3 Å². The minimum absolute atomic E-state index is 0.0344. The van der Waals surface area contributed by atoms with Crippen molar-refractivity contribution < 1.29 is 9.53 Å². The van der Waals surface area contributed by atoms with E-state index in [1.165, 1.54) is 6.33 Å². The first-order valence-electron chi connectivity index (χ1n) is 7.57. The Kier molecular flexibility index (Phi) is 4.40. The number of aryl methyl sites for hydroxylation is 1. The number of hydrogen-bond acceptors (Lipinski definition) is 6. The number of nitrogens with zero attached hydrogens (tertiary/aromatic N) is 5. The van der Waals surface area contributed by atoms with E-state index in [4.69, 9.17) is 4.74 Å². The highest BCUT2D eigenvalue weighted by Crippen LogP contribution is 2.18. The molecule has 1 N–H and O–H groups in total. The van der Waals surface area contributed by atoms with Crippen molar-refractivity contribution >= 4 is 11.7 Å². The molecule has 0 radical (unpaired) electrons. The van der Waals surface area contributed by atoms with Gasteiger partial charge in [-0.2, -0.15) is 5.10 Å². The second kappa shape index (κ2) is 6.64. The third kappa shape index (κ3) is 3.41. The van der Waals surface area contributed by atoms with Crippen molar-refractivity contribution in [3.05, 3.63) is 30.4 Å². The predicted octanol–water partition coefficient (Wildman–Crippen LogP) is 0.935. The molecule has 1 aliphatic heterocycles. The van der Waals surface area contributed by atoms with Crippen LogP contribution in [0.3, 0.4) is 0 Å². The first-order chi connectivity index (χ1) is 11.2. The smallest absolute Gasteiger partial charge is 0.272 e. The molecular formula is C15H20N6O2. The summed E-state index contributed by atoms with van der Waals surface area (Å²) in [6, 6.07) is 3.80. The van der Waals surface area contributed by atoms with Crippen LogP contribution in [0.5, 0.6) is 5.88 Å². The number of hydrogen-bond donors (Lipinski definition) is 1. The van der Waals surface area contributed by atoms with Gasteiger partial charge in [0.15, 0.2) is 0 Å². The number of nitrogens with one attached hydrogen (secondary N) is 1. The van der Waals surface area contributed by atoms with Crippen molar-refractivity contribution in [1.82, 2.24) is 24.6 Å². The first kappa shape index (κ1) is 15.3. The molecular weight excluding hydrogens is 296 g/mol. The van der Waals surface area contributed by atoms with E-state index in [1.54, 1.807) is 37.2 Å². The van der Waals surface area contributed by atoms with Gasteiger partial charge in [-0.05, 0) is 18.9 Å². The van der Waals surface area contributed by atoms with Gasteiger partial charge in [-0.25, -0.2) is 9.97 Å². The number of rotatable bonds is 4. The summed E-state index contributed by atoms with van der Waals surface area (Å²) in [7, 11) is 3.36. The molecule has 1 aliphatic rings. The average Bonchev–Trinajstić information content (AvgIpc) is 3.01. The number of carbonyl (C=O) groups is 1. The van der Waals surface area contributed by atoms with Crippen LogP contribution in [-0.4, -0.2) is 56.8 Å². The lowest BCUT2D eigenvalue weighted by Crippen LogP contribution is -2.43. The van der Waals surface area contributed by atoms with Crippen molar-refractivity contribution in [2.24, 2.45) is 7.05 Å². The van der Waals surface area contributed by atoms with Gasteiger partial charge < -0.3 is 15.0 Å². The molecule has 0 bridgehead atoms. The van der Waals surface area contributed by atoms with E-state index in [-0.39, 0.29) is 11.9 Å². The summed E-state index contributed by atoms with van der Waals surface area (Å²) in [6.45, 7) is 1.42. The number of aromatic nitrogens is 4. The van der Waals surface area contributed by atoms with Gasteiger partial charge in [0.1, 0.15) is 17.8 Å². The lowest BCUT2D eigenvalue weighted by Gasteiger charge is -2.32. The van der Waals surface area contributed by atoms with E-state index in [2.05, 4.69) is 20.4 Å². The largest absolute Gasteiger partial charge is 0.481 e. The van der Waals surface area contributed by atoms with E-state index < -0.39 is 0 Å². The normalized spacial score (nSPS) is 15.5. The summed E-state index contributed by atoms with van der Waals surface area (Å²) in [6.07, 6.45) is 4.86. The lowest BCUT2D eigenvalue weighted by atomic mass is 10.0. The second-order valence-corrected chi connectivity index (χ2v) is 5.50. The molecule has 0 aromatic carbocycles. The third-order valence-electron chi connectivity index (χ3n) is 4.03. The van der Waals surface area contributed by atoms with E-state index >= 15 is 0 Å². The van der Waals surface area contributed by atoms with Gasteiger partial charge in [0.05, 0.1) is 7.11 Å². The Morgan fingerprint density at radius 3 is 2.78 bits per heavy atom. The molecule has 2 aromatic heterocycles. The Hall–Kier alpha value is -2.64. The highest BCUT2D eigenvalue weighted by molar-refractivity contribution is 5.92. The number of methoxy groups -OCH3 is 1. The van der Waals surface area contributed by atoms with E-state index in [1.807, 2.05) is 4.90 Å². The number of anilines is 1. The Morgan fingerprint density at radius 1 is 1.35 bits per heavy atom. The van der Waals surface area contributed by atoms with Crippen molar-refractivity contribution in [2.75, 3.05) is 25.5 Å². The van der Waals surface area contributed by atoms with Gasteiger partial charge in [0.25, 0.3) is 5.91 Å². The highest BCUT2D eigenvalue weighted by Gasteiger charge is 2.25. The summed E-state index contributed by atoms with van der Waals surface area (Å²) >= 11 is 0. The van der Waals surface area contributed by atoms with Crippen LogP contribution in [0, 0.1) is 0 Å². The van der Waals surface area contributed by atoms with Crippen molar-refractivity contribution in [2.45, 2.75) is 18.9 Å². The zero-order valence-corrected chi connectivity index (χ0v) is 13.3. The first-order valence-corrected chi connectivity index (χ1v) is 7.57. The molecule has 23 heavy (non-hydrogen) atoms. The zero-order chi connectivity index (χ0) is 16.2. The highest BCUT2D eigenvalue weighted by atomic mass is 16.5. The van der Waals surface area contributed by atoms with Gasteiger partial charge in [-0.15, -0.1) is 0 Å². The molecule has 122 valence electrons. The van der Waals surface area contributed by atoms with Crippen LogP contribution >= 0.6 is 0 Å². The van der Waals surface area contributed by atoms with Crippen LogP contribution in [0.15, 0.2) is 24.7 Å². The van der Waals surface area contributed by atoms with E-state index in [0.717, 1.165) is 18.7 Å². The minimum Gasteiger partial charge on any atom is -0.481 e. The summed E-state index contributed by atoms with van der Waals surface area (Å²) in [4.78, 5) is 22.5. The molecule has 8 heteroatoms. The zero-order valence-electron chi connectivity index (χ0n) is 13.3. The number of piperidine rings is 1. The number of amides is 1. The maximum absolute atomic E-state index is 12.4. The molecule has 1 amide bonds. The number of carbonyl (C=O) groups excluding carboxylic acids is 1. The molecule has 3 rings (SSSR count). The molecule has 0 unspecified atom stereocenters. The number of likely N-dealkylation sites (tertiary alicyclic amines) is 1. The van der Waals surface area contributed by atoms with Crippen LogP contribution in [0.25, 0.3) is 0 Å². The van der Waals surface area contributed by atoms with Gasteiger partial charge in [0, 0.05) is 38.4 Å². The SMILES string of the molecule is COc1cc(NC2CCN(C(=O)c3ccnn3C)CC2)ncn1. The maximum atomic E-state index is 12.4. The fraction of sp³-hybridized carbons (Fsp3) is 0.467. The molecule has 8 nitrogen and oxygen atoms in total. The van der Waals surface area contributed by atoms with Crippen LogP contribution in [-0.2, 0) is 7.05 Å². The molecule has 0 spiro atoms. The van der Waals surface area contributed by atoms with Gasteiger partial charge in [-0.1, -0.05) is 0 Å². The predicted molar refractivity (Wildman–Crippen MR) is 84.3 cm³/mol. The summed E-state index contributed by atoms with van der Waals surface area (Å²) in [5.41, 5.74) is 0.622. The van der Waals surface area contributed by atoms with Gasteiger partial charge in [-0.3, -0.25) is 9.48 Å². The summed E-state index contributed by atoms with van der Waals surface area (Å²) in [5.74, 6) is 1.31. The maximum Gasteiger partial charge on any atom is 0.272 e. The standard InChI is InChI=1S/C15H20N6O2/c1-20-12(3-6-18-20)15(22)21-7-4-11(5-8-21)19-13-9-14(23-2)17-10-16-13/h3,6,9-11H,4-5,7-8H2,1-2H3,(H,16,17,19). The van der Waals surface area contributed by atoms with Gasteiger partial charge >= 0.3 is 0 Å². The fourth-order valence-electron chi connectivity index (χ4n) is 2.71. The summed E-state index contributed by atoms with van der Waals surface area (Å²) in [5, 5.41) is 7.42. The molecule has 3 heterocycles. The molecule has 0 aliphatic carbocycles. The van der Waals surface area contributed by atoms with Crippen LogP contribution in [0.2, 0.25) is 0 Å². The molecule has 0 atom stereocenters. The number of ether oxygens (including phenoxy) is 1. The van der Waals surface area contributed by atoms with Crippen molar-refractivity contribution in [3.63, 3.8) is 0 Å². The average molecular weight is 316 g/mol. The summed E-state index contributed by atoms with van der Waals surface area (Å²) < 4.78 is 6.70. The Morgan fingerprint density at radius 2 is 2.13 bits per heavy atom. The van der Waals surface area contributed by atoms with E-state index in [9.17, 15) is 4.79 Å². The molecule has 2 aromatic rings. The molecule has 0 saturated carbocycles. The van der Waals surface area contributed by atoms with Crippen LogP contribution in [0.4, 0.5) is 5.82 Å². The quantitative estimate of drug-likeness (QED) is 0.903. The Labute approximate surface area is 134 Å². The monoisotopic (exact) mass is 316 g/mol.